The zero-order valence-electron chi connectivity index (χ0n) is 10.3. The normalized spacial score (nSPS) is 19.4. The van der Waals surface area contributed by atoms with Crippen molar-refractivity contribution in [3.63, 3.8) is 0 Å². The van der Waals surface area contributed by atoms with E-state index in [-0.39, 0.29) is 0 Å². The SMILES string of the molecule is COc1cc(Br)cc(C)c1NCC1CCSC1. The van der Waals surface area contributed by atoms with Crippen LogP contribution in [-0.2, 0) is 0 Å². The summed E-state index contributed by atoms with van der Waals surface area (Å²) in [7, 11) is 1.72. The fourth-order valence-electron chi connectivity index (χ4n) is 2.09. The third kappa shape index (κ3) is 3.32. The van der Waals surface area contributed by atoms with Crippen LogP contribution in [0.2, 0.25) is 0 Å². The largest absolute Gasteiger partial charge is 0.495 e. The van der Waals surface area contributed by atoms with Crippen molar-refractivity contribution in [2.75, 3.05) is 30.5 Å². The summed E-state index contributed by atoms with van der Waals surface area (Å²) in [6.45, 7) is 3.16. The van der Waals surface area contributed by atoms with Crippen LogP contribution in [-0.4, -0.2) is 25.2 Å². The number of halogens is 1. The van der Waals surface area contributed by atoms with Crippen molar-refractivity contribution in [3.8, 4) is 5.75 Å². The molecule has 0 saturated carbocycles. The molecule has 1 aliphatic heterocycles. The maximum Gasteiger partial charge on any atom is 0.143 e. The molecule has 17 heavy (non-hydrogen) atoms. The molecule has 1 aromatic carbocycles. The van der Waals surface area contributed by atoms with Crippen LogP contribution in [0, 0.1) is 12.8 Å². The van der Waals surface area contributed by atoms with Crippen molar-refractivity contribution in [2.45, 2.75) is 13.3 Å². The van der Waals surface area contributed by atoms with Crippen LogP contribution in [0.3, 0.4) is 0 Å². The van der Waals surface area contributed by atoms with Crippen molar-refractivity contribution in [1.82, 2.24) is 0 Å². The highest BCUT2D eigenvalue weighted by molar-refractivity contribution is 9.10. The molecule has 1 heterocycles. The van der Waals surface area contributed by atoms with Crippen LogP contribution >= 0.6 is 27.7 Å². The summed E-state index contributed by atoms with van der Waals surface area (Å²) in [5, 5.41) is 3.54. The molecular weight excluding hydrogens is 298 g/mol. The van der Waals surface area contributed by atoms with E-state index in [1.165, 1.54) is 23.5 Å². The minimum absolute atomic E-state index is 0.799. The van der Waals surface area contributed by atoms with Gasteiger partial charge in [-0.05, 0) is 48.5 Å². The number of methoxy groups -OCH3 is 1. The number of thioether (sulfide) groups is 1. The maximum absolute atomic E-state index is 5.42. The summed E-state index contributed by atoms with van der Waals surface area (Å²) < 4.78 is 6.49. The summed E-state index contributed by atoms with van der Waals surface area (Å²) >= 11 is 5.55. The van der Waals surface area contributed by atoms with Gasteiger partial charge < -0.3 is 10.1 Å². The van der Waals surface area contributed by atoms with Crippen LogP contribution in [0.1, 0.15) is 12.0 Å². The van der Waals surface area contributed by atoms with Gasteiger partial charge in [-0.3, -0.25) is 0 Å². The molecular formula is C13H18BrNOS. The van der Waals surface area contributed by atoms with Crippen molar-refractivity contribution < 1.29 is 4.74 Å². The van der Waals surface area contributed by atoms with Crippen molar-refractivity contribution in [2.24, 2.45) is 5.92 Å². The van der Waals surface area contributed by atoms with Gasteiger partial charge in [0, 0.05) is 11.0 Å². The molecule has 1 unspecified atom stereocenters. The lowest BCUT2D eigenvalue weighted by Crippen LogP contribution is -2.14. The topological polar surface area (TPSA) is 21.3 Å². The highest BCUT2D eigenvalue weighted by Gasteiger charge is 2.16. The van der Waals surface area contributed by atoms with E-state index in [2.05, 4.69) is 46.0 Å². The molecule has 1 fully saturated rings. The first-order chi connectivity index (χ1) is 8.20. The molecule has 1 aromatic rings. The Balaban J connectivity index is 2.08. The molecule has 2 rings (SSSR count). The Kier molecular flexibility index (Phi) is 4.62. The lowest BCUT2D eigenvalue weighted by atomic mass is 10.1. The van der Waals surface area contributed by atoms with Gasteiger partial charge in [-0.1, -0.05) is 15.9 Å². The molecule has 1 N–H and O–H groups in total. The molecule has 0 spiro atoms. The zero-order valence-corrected chi connectivity index (χ0v) is 12.7. The highest BCUT2D eigenvalue weighted by Crippen LogP contribution is 2.33. The van der Waals surface area contributed by atoms with Crippen molar-refractivity contribution in [1.29, 1.82) is 0 Å². The number of anilines is 1. The average Bonchev–Trinajstić information content (AvgIpc) is 2.79. The van der Waals surface area contributed by atoms with E-state index in [0.29, 0.717) is 0 Å². The Bertz CT molecular complexity index is 391. The van der Waals surface area contributed by atoms with E-state index in [9.17, 15) is 0 Å². The molecule has 0 radical (unpaired) electrons. The summed E-state index contributed by atoms with van der Waals surface area (Å²) in [5.74, 6) is 4.31. The highest BCUT2D eigenvalue weighted by atomic mass is 79.9. The molecule has 1 aliphatic rings. The molecule has 1 saturated heterocycles. The fourth-order valence-corrected chi connectivity index (χ4v) is 3.93. The molecule has 0 amide bonds. The second-order valence-electron chi connectivity index (χ2n) is 4.41. The van der Waals surface area contributed by atoms with Crippen LogP contribution < -0.4 is 10.1 Å². The number of aryl methyl sites for hydroxylation is 1. The lowest BCUT2D eigenvalue weighted by Gasteiger charge is -2.17. The van der Waals surface area contributed by atoms with Gasteiger partial charge in [0.15, 0.2) is 0 Å². The minimum Gasteiger partial charge on any atom is -0.495 e. The second-order valence-corrected chi connectivity index (χ2v) is 6.48. The third-order valence-electron chi connectivity index (χ3n) is 3.08. The summed E-state index contributed by atoms with van der Waals surface area (Å²) in [6, 6.07) is 4.13. The Morgan fingerprint density at radius 3 is 3.00 bits per heavy atom. The van der Waals surface area contributed by atoms with Gasteiger partial charge in [-0.2, -0.15) is 11.8 Å². The molecule has 2 nitrogen and oxygen atoms in total. The van der Waals surface area contributed by atoms with E-state index < -0.39 is 0 Å². The van der Waals surface area contributed by atoms with Crippen molar-refractivity contribution in [3.05, 3.63) is 22.2 Å². The first-order valence-corrected chi connectivity index (χ1v) is 7.81. The number of hydrogen-bond donors (Lipinski definition) is 1. The standard InChI is InChI=1S/C13H18BrNOS/c1-9-5-11(14)6-12(16-2)13(9)15-7-10-3-4-17-8-10/h5-6,10,15H,3-4,7-8H2,1-2H3. The molecule has 0 aliphatic carbocycles. The van der Waals surface area contributed by atoms with Gasteiger partial charge in [0.1, 0.15) is 5.75 Å². The fraction of sp³-hybridized carbons (Fsp3) is 0.538. The number of nitrogens with one attached hydrogen (secondary N) is 1. The van der Waals surface area contributed by atoms with E-state index in [1.54, 1.807) is 7.11 Å². The predicted molar refractivity (Wildman–Crippen MR) is 79.4 cm³/mol. The van der Waals surface area contributed by atoms with Gasteiger partial charge in [-0.15, -0.1) is 0 Å². The predicted octanol–water partition coefficient (Wildman–Crippen LogP) is 3.93. The summed E-state index contributed by atoms with van der Waals surface area (Å²) in [6.07, 6.45) is 1.33. The summed E-state index contributed by atoms with van der Waals surface area (Å²) in [5.41, 5.74) is 2.36. The van der Waals surface area contributed by atoms with Crippen LogP contribution in [0.15, 0.2) is 16.6 Å². The zero-order chi connectivity index (χ0) is 12.3. The molecule has 0 bridgehead atoms. The maximum atomic E-state index is 5.42. The van der Waals surface area contributed by atoms with Crippen molar-refractivity contribution >= 4 is 33.4 Å². The van der Waals surface area contributed by atoms with Crippen LogP contribution in [0.25, 0.3) is 0 Å². The van der Waals surface area contributed by atoms with Gasteiger partial charge in [-0.25, -0.2) is 0 Å². The van der Waals surface area contributed by atoms with Crippen LogP contribution in [0.4, 0.5) is 5.69 Å². The molecule has 1 atom stereocenters. The first kappa shape index (κ1) is 13.1. The summed E-state index contributed by atoms with van der Waals surface area (Å²) in [4.78, 5) is 0. The third-order valence-corrected chi connectivity index (χ3v) is 4.76. The Morgan fingerprint density at radius 1 is 1.53 bits per heavy atom. The number of rotatable bonds is 4. The quantitative estimate of drug-likeness (QED) is 0.909. The Hall–Kier alpha value is -0.350. The van der Waals surface area contributed by atoms with E-state index in [0.717, 1.165) is 28.4 Å². The minimum atomic E-state index is 0.799. The Labute approximate surface area is 116 Å². The van der Waals surface area contributed by atoms with E-state index >= 15 is 0 Å². The van der Waals surface area contributed by atoms with Gasteiger partial charge in [0.25, 0.3) is 0 Å². The first-order valence-electron chi connectivity index (χ1n) is 5.86. The molecule has 0 aromatic heterocycles. The van der Waals surface area contributed by atoms with Gasteiger partial charge >= 0.3 is 0 Å². The van der Waals surface area contributed by atoms with Gasteiger partial charge in [0.05, 0.1) is 12.8 Å². The Morgan fingerprint density at radius 2 is 2.35 bits per heavy atom. The molecule has 94 valence electrons. The van der Waals surface area contributed by atoms with E-state index in [4.69, 9.17) is 4.74 Å². The van der Waals surface area contributed by atoms with Gasteiger partial charge in [0.2, 0.25) is 0 Å². The monoisotopic (exact) mass is 315 g/mol. The van der Waals surface area contributed by atoms with E-state index in [1.807, 2.05) is 6.07 Å². The smallest absolute Gasteiger partial charge is 0.143 e. The average molecular weight is 316 g/mol. The number of hydrogen-bond acceptors (Lipinski definition) is 3. The second kappa shape index (κ2) is 6.01. The number of ether oxygens (including phenoxy) is 1. The number of benzene rings is 1. The van der Waals surface area contributed by atoms with Crippen LogP contribution in [0.5, 0.6) is 5.75 Å². The molecule has 4 heteroatoms. The lowest BCUT2D eigenvalue weighted by molar-refractivity contribution is 0.415.